The van der Waals surface area contributed by atoms with Crippen molar-refractivity contribution in [1.82, 2.24) is 0 Å². The Kier molecular flexibility index (Phi) is 3.66. The van der Waals surface area contributed by atoms with E-state index in [4.69, 9.17) is 5.53 Å². The number of halogens is 2. The van der Waals surface area contributed by atoms with Crippen molar-refractivity contribution in [1.29, 1.82) is 0 Å². The molecule has 3 nitrogen and oxygen atoms in total. The lowest BCUT2D eigenvalue weighted by molar-refractivity contribution is 0.576. The van der Waals surface area contributed by atoms with Gasteiger partial charge in [0.1, 0.15) is 11.6 Å². The SMILES string of the molecule is [N-]=[N+]=Nc1cc(F)c(C2=CCSCC2)c(F)c1. The van der Waals surface area contributed by atoms with E-state index < -0.39 is 11.6 Å². The van der Waals surface area contributed by atoms with Crippen molar-refractivity contribution in [3.8, 4) is 0 Å². The Morgan fingerprint density at radius 2 is 2.00 bits per heavy atom. The van der Waals surface area contributed by atoms with Crippen molar-refractivity contribution in [2.45, 2.75) is 6.42 Å². The fourth-order valence-electron chi connectivity index (χ4n) is 1.73. The van der Waals surface area contributed by atoms with Crippen LogP contribution in [0.5, 0.6) is 0 Å². The predicted octanol–water partition coefficient (Wildman–Crippen LogP) is 4.43. The van der Waals surface area contributed by atoms with E-state index in [1.165, 1.54) is 0 Å². The second-order valence-corrected chi connectivity index (χ2v) is 4.68. The third-order valence-electron chi connectivity index (χ3n) is 2.47. The summed E-state index contributed by atoms with van der Waals surface area (Å²) in [5.74, 6) is 0.283. The van der Waals surface area contributed by atoms with Gasteiger partial charge in [-0.05, 0) is 35.4 Å². The fraction of sp³-hybridized carbons (Fsp3) is 0.273. The van der Waals surface area contributed by atoms with Crippen molar-refractivity contribution in [3.63, 3.8) is 0 Å². The summed E-state index contributed by atoms with van der Waals surface area (Å²) in [4.78, 5) is 2.50. The predicted molar refractivity (Wildman–Crippen MR) is 65.1 cm³/mol. The molecular weight excluding hydrogens is 244 g/mol. The molecule has 0 saturated heterocycles. The second kappa shape index (κ2) is 5.21. The maximum Gasteiger partial charge on any atom is 0.134 e. The highest BCUT2D eigenvalue weighted by Gasteiger charge is 2.16. The monoisotopic (exact) mass is 253 g/mol. The maximum absolute atomic E-state index is 13.7. The van der Waals surface area contributed by atoms with Crippen molar-refractivity contribution in [2.24, 2.45) is 5.11 Å². The van der Waals surface area contributed by atoms with Crippen LogP contribution in [0.1, 0.15) is 12.0 Å². The number of nitrogens with zero attached hydrogens (tertiary/aromatic N) is 3. The molecule has 1 aliphatic heterocycles. The summed E-state index contributed by atoms with van der Waals surface area (Å²) in [6, 6.07) is 2.11. The summed E-state index contributed by atoms with van der Waals surface area (Å²) in [5.41, 5.74) is 8.86. The molecule has 0 radical (unpaired) electrons. The first-order valence-corrected chi connectivity index (χ1v) is 6.19. The van der Waals surface area contributed by atoms with Crippen LogP contribution in [0.2, 0.25) is 0 Å². The summed E-state index contributed by atoms with van der Waals surface area (Å²) >= 11 is 1.73. The molecular formula is C11H9F2N3S. The highest BCUT2D eigenvalue weighted by atomic mass is 32.2. The van der Waals surface area contributed by atoms with Crippen LogP contribution in [0.25, 0.3) is 16.0 Å². The van der Waals surface area contributed by atoms with Gasteiger partial charge in [0.05, 0.1) is 0 Å². The zero-order valence-corrected chi connectivity index (χ0v) is 9.68. The maximum atomic E-state index is 13.7. The molecule has 0 aliphatic carbocycles. The highest BCUT2D eigenvalue weighted by molar-refractivity contribution is 7.99. The average Bonchev–Trinajstić information content (AvgIpc) is 2.30. The number of hydrogen-bond donors (Lipinski definition) is 0. The second-order valence-electron chi connectivity index (χ2n) is 3.53. The van der Waals surface area contributed by atoms with Crippen molar-refractivity contribution < 1.29 is 8.78 Å². The van der Waals surface area contributed by atoms with Crippen molar-refractivity contribution >= 4 is 23.0 Å². The molecule has 1 aliphatic rings. The zero-order chi connectivity index (χ0) is 12.3. The van der Waals surface area contributed by atoms with Gasteiger partial charge in [0, 0.05) is 21.9 Å². The van der Waals surface area contributed by atoms with E-state index in [0.717, 1.165) is 23.6 Å². The quantitative estimate of drug-likeness (QED) is 0.437. The molecule has 2 rings (SSSR count). The number of azide groups is 1. The van der Waals surface area contributed by atoms with Gasteiger partial charge in [0.2, 0.25) is 0 Å². The van der Waals surface area contributed by atoms with E-state index in [1.54, 1.807) is 11.8 Å². The fourth-order valence-corrected chi connectivity index (χ4v) is 2.58. The van der Waals surface area contributed by atoms with E-state index in [9.17, 15) is 8.78 Å². The number of thioether (sulfide) groups is 1. The van der Waals surface area contributed by atoms with Gasteiger partial charge < -0.3 is 0 Å². The van der Waals surface area contributed by atoms with E-state index >= 15 is 0 Å². The molecule has 88 valence electrons. The Balaban J connectivity index is 2.47. The summed E-state index contributed by atoms with van der Waals surface area (Å²) in [5, 5.41) is 3.19. The van der Waals surface area contributed by atoms with E-state index in [0.29, 0.717) is 12.0 Å². The normalized spacial score (nSPS) is 15.1. The van der Waals surface area contributed by atoms with Crippen LogP contribution in [0.15, 0.2) is 23.3 Å². The topological polar surface area (TPSA) is 48.8 Å². The van der Waals surface area contributed by atoms with Crippen LogP contribution in [0.4, 0.5) is 14.5 Å². The van der Waals surface area contributed by atoms with Crippen LogP contribution < -0.4 is 0 Å². The number of benzene rings is 1. The van der Waals surface area contributed by atoms with Gasteiger partial charge in [-0.1, -0.05) is 11.2 Å². The first kappa shape index (κ1) is 12.0. The molecule has 1 aromatic carbocycles. The van der Waals surface area contributed by atoms with Crippen molar-refractivity contribution in [3.05, 3.63) is 45.8 Å². The average molecular weight is 253 g/mol. The molecule has 0 amide bonds. The number of allylic oxidation sites excluding steroid dienone is 1. The standard InChI is InChI=1S/C11H9F2N3S/c12-9-5-8(15-16-14)6-10(13)11(9)7-1-3-17-4-2-7/h1,5-6H,2-4H2. The Morgan fingerprint density at radius 3 is 2.53 bits per heavy atom. The first-order valence-electron chi connectivity index (χ1n) is 5.03. The number of hydrogen-bond acceptors (Lipinski definition) is 2. The van der Waals surface area contributed by atoms with Gasteiger partial charge in [-0.2, -0.15) is 11.8 Å². The molecule has 0 unspecified atom stereocenters. The summed E-state index contributed by atoms with van der Waals surface area (Å²) in [6.07, 6.45) is 2.49. The van der Waals surface area contributed by atoms with Gasteiger partial charge in [-0.25, -0.2) is 8.78 Å². The van der Waals surface area contributed by atoms with E-state index in [1.807, 2.05) is 6.08 Å². The molecule has 1 heterocycles. The van der Waals surface area contributed by atoms with Gasteiger partial charge in [0.15, 0.2) is 0 Å². The molecule has 1 aromatic rings. The van der Waals surface area contributed by atoms with Crippen LogP contribution in [0.3, 0.4) is 0 Å². The lowest BCUT2D eigenvalue weighted by Gasteiger charge is -2.14. The van der Waals surface area contributed by atoms with Crippen molar-refractivity contribution in [2.75, 3.05) is 11.5 Å². The highest BCUT2D eigenvalue weighted by Crippen LogP contribution is 2.31. The van der Waals surface area contributed by atoms with Gasteiger partial charge in [0.25, 0.3) is 0 Å². The van der Waals surface area contributed by atoms with Gasteiger partial charge in [-0.3, -0.25) is 0 Å². The first-order chi connectivity index (χ1) is 8.22. The molecule has 0 spiro atoms. The van der Waals surface area contributed by atoms with Crippen LogP contribution >= 0.6 is 11.8 Å². The molecule has 0 bridgehead atoms. The molecule has 0 N–H and O–H groups in total. The summed E-state index contributed by atoms with van der Waals surface area (Å²) < 4.78 is 27.5. The van der Waals surface area contributed by atoms with Crippen LogP contribution in [-0.2, 0) is 0 Å². The smallest absolute Gasteiger partial charge is 0.134 e. The minimum absolute atomic E-state index is 0.00203. The lowest BCUT2D eigenvalue weighted by Crippen LogP contribution is -2.00. The number of rotatable bonds is 2. The van der Waals surface area contributed by atoms with Gasteiger partial charge in [-0.15, -0.1) is 0 Å². The summed E-state index contributed by atoms with van der Waals surface area (Å²) in [7, 11) is 0. The third kappa shape index (κ3) is 2.60. The molecule has 0 fully saturated rings. The van der Waals surface area contributed by atoms with Gasteiger partial charge >= 0.3 is 0 Å². The molecule has 0 saturated carbocycles. The molecule has 0 atom stereocenters. The Labute approximate surface area is 101 Å². The minimum atomic E-state index is -0.675. The Bertz CT molecular complexity index is 498. The van der Waals surface area contributed by atoms with E-state index in [-0.39, 0.29) is 11.3 Å². The third-order valence-corrected chi connectivity index (χ3v) is 3.37. The Hall–Kier alpha value is -1.52. The lowest BCUT2D eigenvalue weighted by atomic mass is 10.0. The Morgan fingerprint density at radius 1 is 1.29 bits per heavy atom. The largest absolute Gasteiger partial charge is 0.206 e. The molecule has 0 aromatic heterocycles. The van der Waals surface area contributed by atoms with Crippen LogP contribution in [0, 0.1) is 11.6 Å². The molecule has 17 heavy (non-hydrogen) atoms. The van der Waals surface area contributed by atoms with E-state index in [2.05, 4.69) is 10.0 Å². The minimum Gasteiger partial charge on any atom is -0.206 e. The summed E-state index contributed by atoms with van der Waals surface area (Å²) in [6.45, 7) is 0. The zero-order valence-electron chi connectivity index (χ0n) is 8.86. The molecule has 6 heteroatoms. The van der Waals surface area contributed by atoms with Crippen LogP contribution in [-0.4, -0.2) is 11.5 Å².